The van der Waals surface area contributed by atoms with Gasteiger partial charge in [0.25, 0.3) is 0 Å². The number of rotatable bonds is 4. The van der Waals surface area contributed by atoms with Crippen LogP contribution in [0.25, 0.3) is 0 Å². The third-order valence-electron chi connectivity index (χ3n) is 2.70. The van der Waals surface area contributed by atoms with Crippen LogP contribution in [0.2, 0.25) is 4.34 Å². The molecule has 2 aromatic rings. The topological polar surface area (TPSA) is 26.0 Å². The lowest BCUT2D eigenvalue weighted by molar-refractivity contribution is 0.730. The zero-order chi connectivity index (χ0) is 13.1. The van der Waals surface area contributed by atoms with E-state index in [0.717, 1.165) is 4.34 Å². The molecule has 0 saturated carbocycles. The molecule has 0 saturated heterocycles. The van der Waals surface area contributed by atoms with Gasteiger partial charge in [-0.3, -0.25) is 0 Å². The molecule has 0 aliphatic heterocycles. The summed E-state index contributed by atoms with van der Waals surface area (Å²) in [5.74, 6) is 0. The number of hydrogen-bond acceptors (Lipinski definition) is 3. The lowest BCUT2D eigenvalue weighted by atomic mass is 10.2. The van der Waals surface area contributed by atoms with E-state index in [0.29, 0.717) is 0 Å². The van der Waals surface area contributed by atoms with Crippen LogP contribution in [-0.4, -0.2) is 6.04 Å². The summed E-state index contributed by atoms with van der Waals surface area (Å²) in [5, 5.41) is 0.253. The number of aryl methyl sites for hydroxylation is 1. The zero-order valence-corrected chi connectivity index (χ0v) is 12.8. The molecule has 96 valence electrons. The average Bonchev–Trinajstić information content (AvgIpc) is 2.74. The number of hydrogen-bond donors (Lipinski definition) is 1. The van der Waals surface area contributed by atoms with Gasteiger partial charge in [0.1, 0.15) is 0 Å². The minimum atomic E-state index is 0.0873. The largest absolute Gasteiger partial charge is 0.327 e. The monoisotopic (exact) mass is 297 g/mol. The highest BCUT2D eigenvalue weighted by Crippen LogP contribution is 2.42. The van der Waals surface area contributed by atoms with Crippen LogP contribution in [0.5, 0.6) is 0 Å². The number of nitrogens with two attached hydrogens (primary N) is 1. The standard InChI is InChI=1S/C14H16ClNS2/c1-9-5-3-4-6-11(9)18-14(10(2)16)12-7-8-13(15)17-12/h3-8,10,14H,16H2,1-2H3. The average molecular weight is 298 g/mol. The summed E-state index contributed by atoms with van der Waals surface area (Å²) < 4.78 is 0.820. The normalized spacial score (nSPS) is 14.4. The minimum absolute atomic E-state index is 0.0873. The van der Waals surface area contributed by atoms with Crippen molar-refractivity contribution in [2.75, 3.05) is 0 Å². The van der Waals surface area contributed by atoms with Crippen molar-refractivity contribution in [2.24, 2.45) is 5.73 Å². The van der Waals surface area contributed by atoms with Crippen molar-refractivity contribution in [3.05, 3.63) is 51.2 Å². The molecule has 2 unspecified atom stereocenters. The molecule has 0 amide bonds. The van der Waals surface area contributed by atoms with Gasteiger partial charge < -0.3 is 5.73 Å². The second-order valence-electron chi connectivity index (χ2n) is 4.30. The van der Waals surface area contributed by atoms with Crippen LogP contribution in [0.1, 0.15) is 22.6 Å². The van der Waals surface area contributed by atoms with Gasteiger partial charge in [0.2, 0.25) is 0 Å². The molecular formula is C14H16ClNS2. The minimum Gasteiger partial charge on any atom is -0.327 e. The van der Waals surface area contributed by atoms with Crippen molar-refractivity contribution in [2.45, 2.75) is 30.0 Å². The zero-order valence-electron chi connectivity index (χ0n) is 10.4. The summed E-state index contributed by atoms with van der Waals surface area (Å²) in [7, 11) is 0. The molecule has 0 bridgehead atoms. The highest BCUT2D eigenvalue weighted by molar-refractivity contribution is 7.99. The Hall–Kier alpha value is -0.480. The first-order chi connectivity index (χ1) is 8.58. The van der Waals surface area contributed by atoms with Gasteiger partial charge in [0.05, 0.1) is 9.59 Å². The van der Waals surface area contributed by atoms with Crippen LogP contribution in [0.15, 0.2) is 41.3 Å². The van der Waals surface area contributed by atoms with Crippen LogP contribution in [-0.2, 0) is 0 Å². The van der Waals surface area contributed by atoms with Crippen molar-refractivity contribution in [3.8, 4) is 0 Å². The molecule has 18 heavy (non-hydrogen) atoms. The molecule has 0 aliphatic rings. The Balaban J connectivity index is 2.25. The lowest BCUT2D eigenvalue weighted by Crippen LogP contribution is -2.21. The van der Waals surface area contributed by atoms with E-state index in [1.807, 2.05) is 24.8 Å². The van der Waals surface area contributed by atoms with E-state index < -0.39 is 0 Å². The third kappa shape index (κ3) is 3.29. The van der Waals surface area contributed by atoms with Crippen LogP contribution in [0.4, 0.5) is 0 Å². The molecule has 4 heteroatoms. The Labute approximate surface area is 121 Å². The van der Waals surface area contributed by atoms with E-state index >= 15 is 0 Å². The molecule has 1 nitrogen and oxygen atoms in total. The number of thioether (sulfide) groups is 1. The fourth-order valence-electron chi connectivity index (χ4n) is 1.73. The molecule has 1 heterocycles. The van der Waals surface area contributed by atoms with Crippen molar-refractivity contribution in [1.29, 1.82) is 0 Å². The van der Waals surface area contributed by atoms with E-state index in [1.54, 1.807) is 11.3 Å². The smallest absolute Gasteiger partial charge is 0.0931 e. The van der Waals surface area contributed by atoms with E-state index in [1.165, 1.54) is 15.3 Å². The Bertz CT molecular complexity index is 522. The molecule has 0 aliphatic carbocycles. The molecule has 2 atom stereocenters. The van der Waals surface area contributed by atoms with Crippen molar-refractivity contribution >= 4 is 34.7 Å². The van der Waals surface area contributed by atoms with E-state index in [-0.39, 0.29) is 11.3 Å². The Morgan fingerprint density at radius 2 is 1.94 bits per heavy atom. The molecule has 0 radical (unpaired) electrons. The lowest BCUT2D eigenvalue weighted by Gasteiger charge is -2.20. The first-order valence-corrected chi connectivity index (χ1v) is 7.88. The first-order valence-electron chi connectivity index (χ1n) is 5.81. The van der Waals surface area contributed by atoms with Crippen LogP contribution < -0.4 is 5.73 Å². The molecule has 2 N–H and O–H groups in total. The predicted octanol–water partition coefficient (Wildman–Crippen LogP) is 4.89. The van der Waals surface area contributed by atoms with Crippen molar-refractivity contribution in [1.82, 2.24) is 0 Å². The summed E-state index contributed by atoms with van der Waals surface area (Å²) in [6, 6.07) is 12.5. The van der Waals surface area contributed by atoms with E-state index in [2.05, 4.69) is 37.3 Å². The fourth-order valence-corrected chi connectivity index (χ4v) is 4.27. The molecule has 2 rings (SSSR count). The number of benzene rings is 1. The van der Waals surface area contributed by atoms with Gasteiger partial charge >= 0.3 is 0 Å². The quantitative estimate of drug-likeness (QED) is 0.813. The summed E-state index contributed by atoms with van der Waals surface area (Å²) in [6.07, 6.45) is 0. The van der Waals surface area contributed by atoms with Gasteiger partial charge in [-0.15, -0.1) is 23.1 Å². The highest BCUT2D eigenvalue weighted by atomic mass is 35.5. The van der Waals surface area contributed by atoms with Gasteiger partial charge in [-0.1, -0.05) is 29.8 Å². The summed E-state index contributed by atoms with van der Waals surface area (Å²) in [5.41, 5.74) is 7.41. The van der Waals surface area contributed by atoms with Gasteiger partial charge in [-0.25, -0.2) is 0 Å². The second-order valence-corrected chi connectivity index (χ2v) is 7.24. The predicted molar refractivity (Wildman–Crippen MR) is 82.8 cm³/mol. The van der Waals surface area contributed by atoms with Gasteiger partial charge in [-0.2, -0.15) is 0 Å². The fraction of sp³-hybridized carbons (Fsp3) is 0.286. The van der Waals surface area contributed by atoms with E-state index in [9.17, 15) is 0 Å². The SMILES string of the molecule is Cc1ccccc1SC(c1ccc(Cl)s1)C(C)N. The summed E-state index contributed by atoms with van der Waals surface area (Å²) >= 11 is 9.44. The van der Waals surface area contributed by atoms with Crippen molar-refractivity contribution < 1.29 is 0 Å². The highest BCUT2D eigenvalue weighted by Gasteiger charge is 2.20. The van der Waals surface area contributed by atoms with E-state index in [4.69, 9.17) is 17.3 Å². The maximum atomic E-state index is 6.12. The van der Waals surface area contributed by atoms with Gasteiger partial charge in [0, 0.05) is 15.8 Å². The summed E-state index contributed by atoms with van der Waals surface area (Å²) in [4.78, 5) is 2.52. The maximum Gasteiger partial charge on any atom is 0.0931 e. The molecule has 1 aromatic carbocycles. The Morgan fingerprint density at radius 1 is 1.22 bits per heavy atom. The molecule has 0 spiro atoms. The van der Waals surface area contributed by atoms with Crippen molar-refractivity contribution in [3.63, 3.8) is 0 Å². The van der Waals surface area contributed by atoms with Gasteiger partial charge in [-0.05, 0) is 37.6 Å². The maximum absolute atomic E-state index is 6.12. The van der Waals surface area contributed by atoms with Crippen LogP contribution in [0, 0.1) is 6.92 Å². The second kappa shape index (κ2) is 6.11. The van der Waals surface area contributed by atoms with Gasteiger partial charge in [0.15, 0.2) is 0 Å². The first kappa shape index (κ1) is 13.9. The third-order valence-corrected chi connectivity index (χ3v) is 5.81. The summed E-state index contributed by atoms with van der Waals surface area (Å²) in [6.45, 7) is 4.17. The Kier molecular flexibility index (Phi) is 4.73. The molecule has 0 fully saturated rings. The van der Waals surface area contributed by atoms with Crippen LogP contribution >= 0.6 is 34.7 Å². The Morgan fingerprint density at radius 3 is 2.50 bits per heavy atom. The van der Waals surface area contributed by atoms with Crippen LogP contribution in [0.3, 0.4) is 0 Å². The number of halogens is 1. The molecular weight excluding hydrogens is 282 g/mol. The molecule has 1 aromatic heterocycles. The number of thiophene rings is 1.